The highest BCUT2D eigenvalue weighted by Crippen LogP contribution is 2.38. The van der Waals surface area contributed by atoms with Gasteiger partial charge in [0.05, 0.1) is 11.3 Å². The standard InChI is InChI=1S/C34H33FN6O2/c1-40-15-17-41(18-16-40)22-24-6-11-28(12-7-24)38-32(26-3-2-14-36-21-26)31-29-19-25(8-13-30(29)39-34(31)43)33(42)37-20-23-4-9-27(35)10-5-23/h2-14,19,21,38H,15-18,20,22H2,1H3,(H,37,42)(H,39,43)/b32-31-. The Bertz CT molecular complexity index is 1650. The summed E-state index contributed by atoms with van der Waals surface area (Å²) >= 11 is 0. The first kappa shape index (κ1) is 28.3. The molecule has 0 bridgehead atoms. The number of hydrogen-bond donors (Lipinski definition) is 3. The number of pyridine rings is 1. The lowest BCUT2D eigenvalue weighted by Gasteiger charge is -2.32. The Labute approximate surface area is 250 Å². The van der Waals surface area contributed by atoms with E-state index < -0.39 is 0 Å². The molecule has 0 saturated carbocycles. The maximum absolute atomic E-state index is 13.4. The lowest BCUT2D eigenvalue weighted by atomic mass is 9.98. The SMILES string of the molecule is CN1CCN(Cc2ccc(N/C(=C3\C(=O)Nc4ccc(C(=O)NCc5ccc(F)cc5)cc43)c3cccnc3)cc2)CC1. The number of nitrogens with zero attached hydrogens (tertiary/aromatic N) is 3. The van der Waals surface area contributed by atoms with Gasteiger partial charge in [-0.2, -0.15) is 0 Å². The summed E-state index contributed by atoms with van der Waals surface area (Å²) in [4.78, 5) is 35.5. The Balaban J connectivity index is 1.27. The molecule has 1 saturated heterocycles. The van der Waals surface area contributed by atoms with E-state index in [0.29, 0.717) is 28.1 Å². The Kier molecular flexibility index (Phi) is 8.26. The first-order chi connectivity index (χ1) is 20.9. The molecule has 3 N–H and O–H groups in total. The van der Waals surface area contributed by atoms with Crippen LogP contribution in [-0.4, -0.2) is 59.8 Å². The zero-order valence-corrected chi connectivity index (χ0v) is 23.9. The molecule has 9 heteroatoms. The third kappa shape index (κ3) is 6.63. The van der Waals surface area contributed by atoms with Crippen LogP contribution in [0.2, 0.25) is 0 Å². The van der Waals surface area contributed by atoms with Crippen LogP contribution in [0.1, 0.15) is 32.6 Å². The Morgan fingerprint density at radius 2 is 1.67 bits per heavy atom. The highest BCUT2D eigenvalue weighted by atomic mass is 19.1. The van der Waals surface area contributed by atoms with Crippen molar-refractivity contribution in [2.75, 3.05) is 43.9 Å². The average Bonchev–Trinajstić information content (AvgIpc) is 3.36. The number of fused-ring (bicyclic) bond motifs is 1. The quantitative estimate of drug-likeness (QED) is 0.261. The zero-order chi connectivity index (χ0) is 29.8. The topological polar surface area (TPSA) is 89.6 Å². The Morgan fingerprint density at radius 3 is 2.40 bits per heavy atom. The summed E-state index contributed by atoms with van der Waals surface area (Å²) in [5, 5.41) is 9.28. The van der Waals surface area contributed by atoms with Crippen LogP contribution < -0.4 is 16.0 Å². The summed E-state index contributed by atoms with van der Waals surface area (Å²) in [6.07, 6.45) is 3.40. The van der Waals surface area contributed by atoms with Crippen LogP contribution in [0, 0.1) is 5.82 Å². The van der Waals surface area contributed by atoms with E-state index in [0.717, 1.165) is 49.5 Å². The molecule has 0 spiro atoms. The number of amides is 2. The molecule has 0 atom stereocenters. The second-order valence-corrected chi connectivity index (χ2v) is 10.9. The van der Waals surface area contributed by atoms with Gasteiger partial charge in [0.25, 0.3) is 11.8 Å². The van der Waals surface area contributed by atoms with Crippen molar-refractivity contribution in [1.29, 1.82) is 0 Å². The van der Waals surface area contributed by atoms with E-state index in [9.17, 15) is 14.0 Å². The molecule has 3 aromatic carbocycles. The molecule has 0 radical (unpaired) electrons. The van der Waals surface area contributed by atoms with Crippen LogP contribution in [0.5, 0.6) is 0 Å². The van der Waals surface area contributed by atoms with Gasteiger partial charge in [0.15, 0.2) is 0 Å². The molecule has 4 aromatic rings. The molecule has 2 amide bonds. The van der Waals surface area contributed by atoms with Crippen molar-refractivity contribution < 1.29 is 14.0 Å². The van der Waals surface area contributed by atoms with E-state index in [1.807, 2.05) is 24.3 Å². The summed E-state index contributed by atoms with van der Waals surface area (Å²) < 4.78 is 13.2. The van der Waals surface area contributed by atoms with E-state index in [-0.39, 0.29) is 24.2 Å². The van der Waals surface area contributed by atoms with E-state index >= 15 is 0 Å². The van der Waals surface area contributed by atoms with E-state index in [1.54, 1.807) is 42.7 Å². The number of aromatic nitrogens is 1. The van der Waals surface area contributed by atoms with E-state index in [1.165, 1.54) is 17.7 Å². The molecule has 6 rings (SSSR count). The van der Waals surface area contributed by atoms with Gasteiger partial charge in [0.2, 0.25) is 0 Å². The number of carbonyl (C=O) groups excluding carboxylic acids is 2. The lowest BCUT2D eigenvalue weighted by molar-refractivity contribution is -0.110. The minimum atomic E-state index is -0.329. The molecule has 8 nitrogen and oxygen atoms in total. The third-order valence-corrected chi connectivity index (χ3v) is 7.82. The van der Waals surface area contributed by atoms with E-state index in [4.69, 9.17) is 0 Å². The van der Waals surface area contributed by atoms with Crippen LogP contribution in [0.3, 0.4) is 0 Å². The molecule has 218 valence electrons. The molecule has 1 aromatic heterocycles. The summed E-state index contributed by atoms with van der Waals surface area (Å²) in [5.74, 6) is -0.889. The maximum Gasteiger partial charge on any atom is 0.258 e. The predicted molar refractivity (Wildman–Crippen MR) is 167 cm³/mol. The second-order valence-electron chi connectivity index (χ2n) is 10.9. The van der Waals surface area contributed by atoms with Crippen molar-refractivity contribution in [3.05, 3.63) is 125 Å². The monoisotopic (exact) mass is 576 g/mol. The van der Waals surface area contributed by atoms with E-state index in [2.05, 4.69) is 49.9 Å². The molecule has 1 fully saturated rings. The van der Waals surface area contributed by atoms with Gasteiger partial charge in [-0.3, -0.25) is 19.5 Å². The minimum absolute atomic E-state index is 0.253. The first-order valence-electron chi connectivity index (χ1n) is 14.3. The van der Waals surface area contributed by atoms with Crippen LogP contribution >= 0.6 is 0 Å². The number of piperazine rings is 1. The maximum atomic E-state index is 13.4. The number of nitrogens with one attached hydrogen (secondary N) is 3. The fourth-order valence-corrected chi connectivity index (χ4v) is 5.33. The molecule has 2 aliphatic heterocycles. The number of anilines is 2. The molecule has 43 heavy (non-hydrogen) atoms. The second kappa shape index (κ2) is 12.6. The van der Waals surface area contributed by atoms with Crippen LogP contribution in [0.4, 0.5) is 15.8 Å². The van der Waals surface area contributed by atoms with Crippen LogP contribution in [-0.2, 0) is 17.9 Å². The van der Waals surface area contributed by atoms with Gasteiger partial charge >= 0.3 is 0 Å². The van der Waals surface area contributed by atoms with Crippen molar-refractivity contribution in [3.63, 3.8) is 0 Å². The minimum Gasteiger partial charge on any atom is -0.354 e. The number of halogens is 1. The Hall–Kier alpha value is -4.86. The predicted octanol–water partition coefficient (Wildman–Crippen LogP) is 4.83. The number of rotatable bonds is 8. The smallest absolute Gasteiger partial charge is 0.258 e. The highest BCUT2D eigenvalue weighted by Gasteiger charge is 2.29. The van der Waals surface area contributed by atoms with Crippen LogP contribution in [0.15, 0.2) is 91.3 Å². The molecule has 0 unspecified atom stereocenters. The molecule has 0 aliphatic carbocycles. The largest absolute Gasteiger partial charge is 0.354 e. The molecular formula is C34H33FN6O2. The van der Waals surface area contributed by atoms with Crippen molar-refractivity contribution in [1.82, 2.24) is 20.1 Å². The highest BCUT2D eigenvalue weighted by molar-refractivity contribution is 6.37. The Morgan fingerprint density at radius 1 is 0.930 bits per heavy atom. The summed E-state index contributed by atoms with van der Waals surface area (Å²) in [7, 11) is 2.15. The van der Waals surface area contributed by atoms with Gasteiger partial charge in [0, 0.05) is 79.7 Å². The van der Waals surface area contributed by atoms with Crippen molar-refractivity contribution >= 4 is 34.5 Å². The van der Waals surface area contributed by atoms with Crippen LogP contribution in [0.25, 0.3) is 11.3 Å². The lowest BCUT2D eigenvalue weighted by Crippen LogP contribution is -2.43. The third-order valence-electron chi connectivity index (χ3n) is 7.82. The number of hydrogen-bond acceptors (Lipinski definition) is 6. The molecule has 3 heterocycles. The normalized spacial score (nSPS) is 16.4. The van der Waals surface area contributed by atoms with Gasteiger partial charge in [-0.1, -0.05) is 24.3 Å². The zero-order valence-electron chi connectivity index (χ0n) is 23.9. The summed E-state index contributed by atoms with van der Waals surface area (Å²) in [6, 6.07) is 23.1. The number of carbonyl (C=O) groups is 2. The van der Waals surface area contributed by atoms with Crippen molar-refractivity contribution in [3.8, 4) is 0 Å². The van der Waals surface area contributed by atoms with Gasteiger partial charge in [-0.25, -0.2) is 4.39 Å². The number of likely N-dealkylation sites (N-methyl/N-ethyl adjacent to an activating group) is 1. The molecular weight excluding hydrogens is 543 g/mol. The summed E-state index contributed by atoms with van der Waals surface area (Å²) in [6.45, 7) is 5.39. The van der Waals surface area contributed by atoms with Gasteiger partial charge in [-0.15, -0.1) is 0 Å². The molecule has 2 aliphatic rings. The van der Waals surface area contributed by atoms with Gasteiger partial charge < -0.3 is 20.9 Å². The fraction of sp³-hybridized carbons (Fsp3) is 0.206. The van der Waals surface area contributed by atoms with Crippen molar-refractivity contribution in [2.45, 2.75) is 13.1 Å². The fourth-order valence-electron chi connectivity index (χ4n) is 5.33. The average molecular weight is 577 g/mol. The summed E-state index contributed by atoms with van der Waals surface area (Å²) in [5.41, 5.74) is 6.28. The van der Waals surface area contributed by atoms with Gasteiger partial charge in [0.1, 0.15) is 5.82 Å². The van der Waals surface area contributed by atoms with Gasteiger partial charge in [-0.05, 0) is 72.8 Å². The number of benzene rings is 3. The first-order valence-corrected chi connectivity index (χ1v) is 14.3. The van der Waals surface area contributed by atoms with Crippen molar-refractivity contribution in [2.24, 2.45) is 0 Å².